The van der Waals surface area contributed by atoms with Crippen molar-refractivity contribution in [1.82, 2.24) is 9.97 Å². The third-order valence-electron chi connectivity index (χ3n) is 2.59. The minimum atomic E-state index is -0.168. The molecule has 0 spiro atoms. The van der Waals surface area contributed by atoms with Gasteiger partial charge in [0.15, 0.2) is 5.58 Å². The van der Waals surface area contributed by atoms with Crippen molar-refractivity contribution in [2.45, 2.75) is 5.22 Å². The Balaban J connectivity index is 1.62. The van der Waals surface area contributed by atoms with Crippen molar-refractivity contribution in [3.8, 4) is 0 Å². The first-order valence-electron chi connectivity index (χ1n) is 6.10. The molecule has 1 amide bonds. The number of hydrogen-bond acceptors (Lipinski definition) is 5. The monoisotopic (exact) mass is 319 g/mol. The number of carbonyl (C=O) groups is 1. The summed E-state index contributed by atoms with van der Waals surface area (Å²) in [5.41, 5.74) is 1.32. The fraction of sp³-hybridized carbons (Fsp3) is 0.0714. The van der Waals surface area contributed by atoms with Crippen LogP contribution in [0.3, 0.4) is 0 Å². The molecule has 0 unspecified atom stereocenters. The number of hydrogen-bond donors (Lipinski definition) is 1. The number of fused-ring (bicyclic) bond motifs is 1. The molecule has 0 aliphatic heterocycles. The summed E-state index contributed by atoms with van der Waals surface area (Å²) in [7, 11) is 0. The maximum Gasteiger partial charge on any atom is 0.257 e. The van der Waals surface area contributed by atoms with E-state index in [0.29, 0.717) is 27.2 Å². The zero-order valence-corrected chi connectivity index (χ0v) is 12.3. The van der Waals surface area contributed by atoms with Gasteiger partial charge in [-0.25, -0.2) is 9.97 Å². The highest BCUT2D eigenvalue weighted by molar-refractivity contribution is 7.99. The third kappa shape index (κ3) is 3.53. The zero-order valence-electron chi connectivity index (χ0n) is 10.7. The van der Waals surface area contributed by atoms with Gasteiger partial charge in [0.05, 0.1) is 5.75 Å². The minimum absolute atomic E-state index is 0.168. The lowest BCUT2D eigenvalue weighted by Gasteiger charge is -2.01. The van der Waals surface area contributed by atoms with Crippen molar-refractivity contribution < 1.29 is 9.21 Å². The fourth-order valence-electron chi connectivity index (χ4n) is 1.68. The van der Waals surface area contributed by atoms with E-state index in [1.807, 2.05) is 0 Å². The average molecular weight is 320 g/mol. The highest BCUT2D eigenvalue weighted by Gasteiger charge is 2.10. The van der Waals surface area contributed by atoms with E-state index in [4.69, 9.17) is 16.0 Å². The van der Waals surface area contributed by atoms with Crippen LogP contribution < -0.4 is 5.32 Å². The Kier molecular flexibility index (Phi) is 4.08. The Labute approximate surface area is 129 Å². The number of thioether (sulfide) groups is 1. The Bertz CT molecular complexity index is 776. The molecule has 1 aromatic carbocycles. The first kappa shape index (κ1) is 13.9. The van der Waals surface area contributed by atoms with Gasteiger partial charge in [-0.1, -0.05) is 29.4 Å². The summed E-state index contributed by atoms with van der Waals surface area (Å²) in [5, 5.41) is 3.71. The van der Waals surface area contributed by atoms with E-state index in [1.165, 1.54) is 11.8 Å². The maximum atomic E-state index is 11.8. The third-order valence-corrected chi connectivity index (χ3v) is 3.65. The molecule has 1 N–H and O–H groups in total. The Morgan fingerprint density at radius 3 is 3.05 bits per heavy atom. The topological polar surface area (TPSA) is 68.0 Å². The van der Waals surface area contributed by atoms with Crippen LogP contribution in [0.5, 0.6) is 0 Å². The molecule has 3 rings (SSSR count). The predicted octanol–water partition coefficient (Wildman–Crippen LogP) is 3.61. The number of halogens is 1. The summed E-state index contributed by atoms with van der Waals surface area (Å²) in [6, 6.07) is 10.5. The lowest BCUT2D eigenvalue weighted by Crippen LogP contribution is -2.14. The van der Waals surface area contributed by atoms with E-state index in [-0.39, 0.29) is 11.7 Å². The average Bonchev–Trinajstić information content (AvgIpc) is 2.88. The van der Waals surface area contributed by atoms with Crippen LogP contribution in [0.2, 0.25) is 5.02 Å². The molecule has 0 saturated carbocycles. The summed E-state index contributed by atoms with van der Waals surface area (Å²) in [4.78, 5) is 20.1. The standard InChI is InChI=1S/C14H10ClN3O2S/c15-9-4-5-10-11(7-9)20-14(17-10)21-8-13(19)18-12-3-1-2-6-16-12/h1-7H,8H2,(H,16,18,19). The maximum absolute atomic E-state index is 11.8. The van der Waals surface area contributed by atoms with Crippen molar-refractivity contribution in [1.29, 1.82) is 0 Å². The number of nitrogens with one attached hydrogen (secondary N) is 1. The van der Waals surface area contributed by atoms with E-state index in [9.17, 15) is 4.79 Å². The first-order valence-corrected chi connectivity index (χ1v) is 7.47. The molecule has 7 heteroatoms. The summed E-state index contributed by atoms with van der Waals surface area (Å²) in [5.74, 6) is 0.545. The van der Waals surface area contributed by atoms with E-state index in [2.05, 4.69) is 15.3 Å². The van der Waals surface area contributed by atoms with Crippen molar-refractivity contribution in [3.63, 3.8) is 0 Å². The second-order valence-corrected chi connectivity index (χ2v) is 5.51. The number of benzene rings is 1. The van der Waals surface area contributed by atoms with Crippen LogP contribution >= 0.6 is 23.4 Å². The quantitative estimate of drug-likeness (QED) is 0.744. The number of amides is 1. The van der Waals surface area contributed by atoms with Gasteiger partial charge >= 0.3 is 0 Å². The summed E-state index contributed by atoms with van der Waals surface area (Å²) < 4.78 is 5.52. The molecule has 0 fully saturated rings. The van der Waals surface area contributed by atoms with E-state index >= 15 is 0 Å². The van der Waals surface area contributed by atoms with Gasteiger partial charge in [0.1, 0.15) is 11.3 Å². The lowest BCUT2D eigenvalue weighted by molar-refractivity contribution is -0.113. The minimum Gasteiger partial charge on any atom is -0.431 e. The van der Waals surface area contributed by atoms with Crippen molar-refractivity contribution >= 4 is 46.2 Å². The smallest absolute Gasteiger partial charge is 0.257 e. The molecule has 0 aliphatic carbocycles. The molecule has 5 nitrogen and oxygen atoms in total. The molecule has 0 saturated heterocycles. The van der Waals surface area contributed by atoms with Crippen LogP contribution in [0.15, 0.2) is 52.2 Å². The number of oxazole rings is 1. The van der Waals surface area contributed by atoms with Crippen molar-refractivity contribution in [3.05, 3.63) is 47.6 Å². The van der Waals surface area contributed by atoms with Gasteiger partial charge in [0, 0.05) is 17.3 Å². The van der Waals surface area contributed by atoms with Gasteiger partial charge in [-0.3, -0.25) is 4.79 Å². The number of rotatable bonds is 4. The summed E-state index contributed by atoms with van der Waals surface area (Å²) >= 11 is 7.10. The SMILES string of the molecule is O=C(CSc1nc2ccc(Cl)cc2o1)Nc1ccccn1. The number of aromatic nitrogens is 2. The largest absolute Gasteiger partial charge is 0.431 e. The van der Waals surface area contributed by atoms with Crippen LogP contribution in [0.1, 0.15) is 0 Å². The van der Waals surface area contributed by atoms with Crippen LogP contribution in [0, 0.1) is 0 Å². The molecule has 2 aromatic heterocycles. The molecule has 0 bridgehead atoms. The predicted molar refractivity (Wildman–Crippen MR) is 82.6 cm³/mol. The molecule has 106 valence electrons. The van der Waals surface area contributed by atoms with Gasteiger partial charge in [-0.15, -0.1) is 0 Å². The second kappa shape index (κ2) is 6.15. The van der Waals surface area contributed by atoms with Crippen LogP contribution in [0.25, 0.3) is 11.1 Å². The molecule has 21 heavy (non-hydrogen) atoms. The highest BCUT2D eigenvalue weighted by Crippen LogP contribution is 2.25. The van der Waals surface area contributed by atoms with E-state index < -0.39 is 0 Å². The lowest BCUT2D eigenvalue weighted by atomic mass is 10.3. The number of nitrogens with zero attached hydrogens (tertiary/aromatic N) is 2. The van der Waals surface area contributed by atoms with Crippen LogP contribution in [-0.2, 0) is 4.79 Å². The molecule has 0 radical (unpaired) electrons. The number of anilines is 1. The zero-order chi connectivity index (χ0) is 14.7. The molecule has 0 atom stereocenters. The van der Waals surface area contributed by atoms with E-state index in [0.717, 1.165) is 0 Å². The normalized spacial score (nSPS) is 10.7. The van der Waals surface area contributed by atoms with Gasteiger partial charge in [-0.2, -0.15) is 0 Å². The molecular weight excluding hydrogens is 310 g/mol. The van der Waals surface area contributed by atoms with Crippen molar-refractivity contribution in [2.75, 3.05) is 11.1 Å². The van der Waals surface area contributed by atoms with Gasteiger partial charge in [0.2, 0.25) is 5.91 Å². The van der Waals surface area contributed by atoms with Crippen LogP contribution in [0.4, 0.5) is 5.82 Å². The molecule has 0 aliphatic rings. The highest BCUT2D eigenvalue weighted by atomic mass is 35.5. The van der Waals surface area contributed by atoms with E-state index in [1.54, 1.807) is 42.6 Å². The first-order chi connectivity index (χ1) is 10.2. The van der Waals surface area contributed by atoms with Gasteiger partial charge < -0.3 is 9.73 Å². The molecule has 2 heterocycles. The Morgan fingerprint density at radius 2 is 2.24 bits per heavy atom. The molecule has 3 aromatic rings. The fourth-order valence-corrected chi connectivity index (χ4v) is 2.48. The Morgan fingerprint density at radius 1 is 1.33 bits per heavy atom. The summed E-state index contributed by atoms with van der Waals surface area (Å²) in [6.45, 7) is 0. The van der Waals surface area contributed by atoms with Gasteiger partial charge in [-0.05, 0) is 24.3 Å². The van der Waals surface area contributed by atoms with Crippen LogP contribution in [-0.4, -0.2) is 21.6 Å². The number of pyridine rings is 1. The van der Waals surface area contributed by atoms with Crippen molar-refractivity contribution in [2.24, 2.45) is 0 Å². The summed E-state index contributed by atoms with van der Waals surface area (Å²) in [6.07, 6.45) is 1.62. The second-order valence-electron chi connectivity index (χ2n) is 4.14. The van der Waals surface area contributed by atoms with Gasteiger partial charge in [0.25, 0.3) is 5.22 Å². The number of carbonyl (C=O) groups excluding carboxylic acids is 1. The Hall–Kier alpha value is -2.05. The molecular formula is C14H10ClN3O2S.